The number of carbonyl (C=O) groups is 3. The number of rotatable bonds is 9. The molecule has 0 heterocycles. The fraction of sp³-hybridized carbons (Fsp3) is 0.833. The van der Waals surface area contributed by atoms with Crippen molar-refractivity contribution in [2.75, 3.05) is 12.9 Å². The van der Waals surface area contributed by atoms with Gasteiger partial charge in [0.15, 0.2) is 6.04 Å². The lowest BCUT2D eigenvalue weighted by molar-refractivity contribution is -0.148. The molecule has 0 saturated heterocycles. The maximum Gasteiger partial charge on any atom is 0.408 e. The van der Waals surface area contributed by atoms with E-state index in [1.165, 1.54) is 25.8 Å². The Morgan fingerprint density at radius 3 is 2.07 bits per heavy atom. The molecule has 9 heteroatoms. The number of methoxy groups -OCH3 is 1. The lowest BCUT2D eigenvalue weighted by atomic mass is 10.1. The van der Waals surface area contributed by atoms with Crippen molar-refractivity contribution in [3.63, 3.8) is 0 Å². The monoisotopic (exact) mass is 406 g/mol. The van der Waals surface area contributed by atoms with Gasteiger partial charge in [0.1, 0.15) is 11.6 Å². The minimum absolute atomic E-state index is 0.0971. The van der Waals surface area contributed by atoms with E-state index in [1.807, 2.05) is 20.8 Å². The predicted molar refractivity (Wildman–Crippen MR) is 106 cm³/mol. The Hall–Kier alpha value is -1.48. The maximum absolute atomic E-state index is 12.7. The van der Waals surface area contributed by atoms with Crippen LogP contribution in [0.2, 0.25) is 0 Å². The number of thioether (sulfide) groups is 1. The normalized spacial score (nSPS) is 15.3. The van der Waals surface area contributed by atoms with Crippen molar-refractivity contribution in [2.45, 2.75) is 83.4 Å². The van der Waals surface area contributed by atoms with Crippen molar-refractivity contribution in [1.29, 1.82) is 0 Å². The molecular formula is C18H34N2O6S. The average molecular weight is 407 g/mol. The Bertz CT molecular complexity index is 516. The molecule has 0 rings (SSSR count). The molecular weight excluding hydrogens is 372 g/mol. The quantitative estimate of drug-likeness (QED) is 0.501. The number of nitrogens with one attached hydrogen (secondary N) is 2. The van der Waals surface area contributed by atoms with E-state index in [-0.39, 0.29) is 10.5 Å². The number of aliphatic hydroxyl groups is 1. The molecule has 2 amide bonds. The summed E-state index contributed by atoms with van der Waals surface area (Å²) in [5.74, 6) is -1.09. The summed E-state index contributed by atoms with van der Waals surface area (Å²) in [6, 6.07) is -2.17. The smallest absolute Gasteiger partial charge is 0.408 e. The third kappa shape index (κ3) is 10.4. The molecule has 0 saturated carbocycles. The molecule has 0 fully saturated rings. The first-order valence-corrected chi connectivity index (χ1v) is 9.90. The molecule has 0 aliphatic carbocycles. The molecule has 8 nitrogen and oxygen atoms in total. The van der Waals surface area contributed by atoms with Gasteiger partial charge in [0.2, 0.25) is 5.91 Å². The molecule has 3 atom stereocenters. The van der Waals surface area contributed by atoms with E-state index in [2.05, 4.69) is 15.4 Å². The highest BCUT2D eigenvalue weighted by atomic mass is 32.2. The van der Waals surface area contributed by atoms with E-state index >= 15 is 0 Å². The van der Waals surface area contributed by atoms with Crippen LogP contribution in [-0.2, 0) is 19.1 Å². The van der Waals surface area contributed by atoms with E-state index in [0.29, 0.717) is 0 Å². The van der Waals surface area contributed by atoms with Crippen molar-refractivity contribution < 1.29 is 29.0 Å². The second-order valence-electron chi connectivity index (χ2n) is 7.87. The molecule has 27 heavy (non-hydrogen) atoms. The Kier molecular flexibility index (Phi) is 10.2. The van der Waals surface area contributed by atoms with Crippen molar-refractivity contribution >= 4 is 29.7 Å². The molecule has 0 bridgehead atoms. The summed E-state index contributed by atoms with van der Waals surface area (Å²) in [5, 5.41) is 14.7. The molecule has 3 N–H and O–H groups in total. The van der Waals surface area contributed by atoms with Gasteiger partial charge in [-0.05, 0) is 34.1 Å². The van der Waals surface area contributed by atoms with E-state index in [9.17, 15) is 19.5 Å². The second-order valence-corrected chi connectivity index (χ2v) is 9.60. The topological polar surface area (TPSA) is 114 Å². The summed E-state index contributed by atoms with van der Waals surface area (Å²) in [6.45, 7) is 12.6. The molecule has 3 unspecified atom stereocenters. The number of aliphatic hydroxyl groups excluding tert-OH is 1. The minimum atomic E-state index is -1.23. The van der Waals surface area contributed by atoms with Crippen molar-refractivity contribution in [2.24, 2.45) is 0 Å². The minimum Gasteiger partial charge on any atom is -0.467 e. The van der Waals surface area contributed by atoms with Crippen LogP contribution in [0.3, 0.4) is 0 Å². The summed E-state index contributed by atoms with van der Waals surface area (Å²) in [6.07, 6.45) is -1.01. The summed E-state index contributed by atoms with van der Waals surface area (Å²) in [4.78, 5) is 36.6. The Balaban J connectivity index is 5.27. The summed E-state index contributed by atoms with van der Waals surface area (Å²) in [7, 11) is 1.17. The number of hydrogen-bond acceptors (Lipinski definition) is 7. The van der Waals surface area contributed by atoms with Crippen LogP contribution in [0.25, 0.3) is 0 Å². The number of amides is 2. The SMILES string of the molecule is CCC(C)(C)SCC(NC(=O)OC(C)(C)C)C(=O)NC(C(=O)OC)C(C)O. The van der Waals surface area contributed by atoms with Gasteiger partial charge >= 0.3 is 12.1 Å². The van der Waals surface area contributed by atoms with Crippen molar-refractivity contribution in [1.82, 2.24) is 10.6 Å². The highest BCUT2D eigenvalue weighted by Crippen LogP contribution is 2.28. The van der Waals surface area contributed by atoms with Crippen LogP contribution in [0.1, 0.15) is 54.9 Å². The number of ether oxygens (including phenoxy) is 2. The second kappa shape index (κ2) is 10.8. The highest BCUT2D eigenvalue weighted by Gasteiger charge is 2.32. The van der Waals surface area contributed by atoms with Gasteiger partial charge in [-0.3, -0.25) is 4.79 Å². The number of hydrogen-bond donors (Lipinski definition) is 3. The van der Waals surface area contributed by atoms with Gasteiger partial charge in [0, 0.05) is 10.5 Å². The maximum atomic E-state index is 12.7. The largest absolute Gasteiger partial charge is 0.467 e. The molecule has 0 aromatic heterocycles. The average Bonchev–Trinajstić information content (AvgIpc) is 2.53. The third-order valence-corrected chi connectivity index (χ3v) is 5.31. The van der Waals surface area contributed by atoms with Gasteiger partial charge < -0.3 is 25.2 Å². The van der Waals surface area contributed by atoms with Gasteiger partial charge in [-0.1, -0.05) is 20.8 Å². The van der Waals surface area contributed by atoms with Gasteiger partial charge in [-0.15, -0.1) is 0 Å². The van der Waals surface area contributed by atoms with Crippen LogP contribution in [0.5, 0.6) is 0 Å². The van der Waals surface area contributed by atoms with Crippen LogP contribution in [0.15, 0.2) is 0 Å². The predicted octanol–water partition coefficient (Wildman–Crippen LogP) is 1.84. The Morgan fingerprint density at radius 1 is 1.11 bits per heavy atom. The van der Waals surface area contributed by atoms with E-state index in [1.54, 1.807) is 20.8 Å². The summed E-state index contributed by atoms with van der Waals surface area (Å²) in [5.41, 5.74) is -0.713. The molecule has 0 aromatic rings. The zero-order valence-corrected chi connectivity index (χ0v) is 18.4. The molecule has 158 valence electrons. The number of alkyl carbamates (subject to hydrolysis) is 1. The zero-order valence-electron chi connectivity index (χ0n) is 17.5. The molecule has 0 spiro atoms. The van der Waals surface area contributed by atoms with Gasteiger partial charge in [0.25, 0.3) is 0 Å². The molecule has 0 aliphatic rings. The summed E-state index contributed by atoms with van der Waals surface area (Å²) < 4.78 is 9.72. The van der Waals surface area contributed by atoms with Gasteiger partial charge in [-0.25, -0.2) is 9.59 Å². The zero-order chi connectivity index (χ0) is 21.4. The fourth-order valence-electron chi connectivity index (χ4n) is 1.80. The van der Waals surface area contributed by atoms with Gasteiger partial charge in [0.05, 0.1) is 13.2 Å². The van der Waals surface area contributed by atoms with Crippen molar-refractivity contribution in [3.8, 4) is 0 Å². The standard InChI is InChI=1S/C18H34N2O6S/c1-9-18(6,7)27-10-12(19-16(24)26-17(3,4)5)14(22)20-13(11(2)21)15(23)25-8/h11-13,21H,9-10H2,1-8H3,(H,19,24)(H,20,22). The fourth-order valence-corrected chi connectivity index (χ4v) is 2.86. The van der Waals surface area contributed by atoms with Crippen LogP contribution in [0, 0.1) is 0 Å². The number of carbonyl (C=O) groups excluding carboxylic acids is 3. The highest BCUT2D eigenvalue weighted by molar-refractivity contribution is 8.00. The Labute approximate surface area is 166 Å². The number of esters is 1. The first-order valence-electron chi connectivity index (χ1n) is 8.92. The summed E-state index contributed by atoms with van der Waals surface area (Å²) >= 11 is 1.51. The molecule has 0 aliphatic heterocycles. The first kappa shape index (κ1) is 25.5. The van der Waals surface area contributed by atoms with Crippen LogP contribution >= 0.6 is 11.8 Å². The van der Waals surface area contributed by atoms with Crippen LogP contribution in [0.4, 0.5) is 4.79 Å². The Morgan fingerprint density at radius 2 is 1.67 bits per heavy atom. The molecule has 0 radical (unpaired) electrons. The van der Waals surface area contributed by atoms with E-state index < -0.39 is 41.8 Å². The van der Waals surface area contributed by atoms with Crippen LogP contribution < -0.4 is 10.6 Å². The first-order chi connectivity index (χ1) is 12.2. The lowest BCUT2D eigenvalue weighted by Crippen LogP contribution is -2.56. The van der Waals surface area contributed by atoms with Gasteiger partial charge in [-0.2, -0.15) is 11.8 Å². The van der Waals surface area contributed by atoms with E-state index in [4.69, 9.17) is 4.74 Å². The lowest BCUT2D eigenvalue weighted by Gasteiger charge is -2.28. The van der Waals surface area contributed by atoms with E-state index in [0.717, 1.165) is 6.42 Å². The van der Waals surface area contributed by atoms with Crippen molar-refractivity contribution in [3.05, 3.63) is 0 Å². The third-order valence-electron chi connectivity index (χ3n) is 3.73. The van der Waals surface area contributed by atoms with Crippen LogP contribution in [-0.4, -0.2) is 64.5 Å². The molecule has 0 aromatic carbocycles.